The maximum atomic E-state index is 12.6. The van der Waals surface area contributed by atoms with Gasteiger partial charge in [0, 0.05) is 6.54 Å². The Bertz CT molecular complexity index is 524. The first-order valence-corrected chi connectivity index (χ1v) is 6.89. The average Bonchev–Trinajstić information content (AvgIpc) is 2.44. The van der Waals surface area contributed by atoms with Crippen LogP contribution in [-0.4, -0.2) is 24.6 Å². The van der Waals surface area contributed by atoms with E-state index in [4.69, 9.17) is 10.5 Å². The lowest BCUT2D eigenvalue weighted by molar-refractivity contribution is -0.137. The highest BCUT2D eigenvalue weighted by atomic mass is 35.5. The van der Waals surface area contributed by atoms with Gasteiger partial charge in [0.1, 0.15) is 5.75 Å². The molecule has 1 aromatic carbocycles. The summed E-state index contributed by atoms with van der Waals surface area (Å²) in [4.78, 5) is 11.9. The zero-order chi connectivity index (χ0) is 17.0. The van der Waals surface area contributed by atoms with Crippen LogP contribution in [0, 0.1) is 5.92 Å². The van der Waals surface area contributed by atoms with Crippen molar-refractivity contribution in [1.29, 1.82) is 0 Å². The molecule has 0 fully saturated rings. The van der Waals surface area contributed by atoms with Crippen LogP contribution in [0.1, 0.15) is 26.3 Å². The van der Waals surface area contributed by atoms with E-state index in [1.807, 2.05) is 13.8 Å². The monoisotopic (exact) mass is 354 g/mol. The Morgan fingerprint density at radius 1 is 1.35 bits per heavy atom. The van der Waals surface area contributed by atoms with Gasteiger partial charge in [0.25, 0.3) is 5.91 Å². The minimum absolute atomic E-state index is 0. The molecule has 0 aliphatic heterocycles. The van der Waals surface area contributed by atoms with Crippen LogP contribution in [-0.2, 0) is 11.0 Å². The topological polar surface area (TPSA) is 64.3 Å². The Kier molecular flexibility index (Phi) is 7.86. The van der Waals surface area contributed by atoms with E-state index in [9.17, 15) is 18.0 Å². The first-order valence-electron chi connectivity index (χ1n) is 6.89. The van der Waals surface area contributed by atoms with Gasteiger partial charge >= 0.3 is 6.18 Å². The molecule has 3 N–H and O–H groups in total. The average molecular weight is 355 g/mol. The number of carbonyl (C=O) groups excluding carboxylic acids is 1. The van der Waals surface area contributed by atoms with Crippen molar-refractivity contribution < 1.29 is 22.7 Å². The molecule has 0 bridgehead atoms. The van der Waals surface area contributed by atoms with E-state index in [0.717, 1.165) is 12.1 Å². The number of alkyl halides is 3. The van der Waals surface area contributed by atoms with Crippen LogP contribution in [0.15, 0.2) is 24.3 Å². The number of ether oxygens (including phenoxy) is 1. The fourth-order valence-corrected chi connectivity index (χ4v) is 1.70. The summed E-state index contributed by atoms with van der Waals surface area (Å²) in [5.41, 5.74) is 4.24. The van der Waals surface area contributed by atoms with Gasteiger partial charge in [0.05, 0.1) is 11.1 Å². The third-order valence-corrected chi connectivity index (χ3v) is 3.65. The minimum atomic E-state index is -4.45. The quantitative estimate of drug-likeness (QED) is 0.825. The van der Waals surface area contributed by atoms with E-state index in [1.165, 1.54) is 12.1 Å². The Hall–Kier alpha value is -1.47. The predicted octanol–water partition coefficient (Wildman–Crippen LogP) is 3.00. The maximum Gasteiger partial charge on any atom is 0.416 e. The molecule has 0 aliphatic rings. The molecule has 23 heavy (non-hydrogen) atoms. The van der Waals surface area contributed by atoms with Gasteiger partial charge in [0.15, 0.2) is 6.61 Å². The van der Waals surface area contributed by atoms with Crippen molar-refractivity contribution in [3.8, 4) is 5.75 Å². The fraction of sp³-hybridized carbons (Fsp3) is 0.533. The van der Waals surface area contributed by atoms with Crippen molar-refractivity contribution in [2.75, 3.05) is 13.2 Å². The molecule has 0 radical (unpaired) electrons. The van der Waals surface area contributed by atoms with Crippen molar-refractivity contribution in [3.63, 3.8) is 0 Å². The van der Waals surface area contributed by atoms with Crippen LogP contribution in [0.4, 0.5) is 13.2 Å². The Balaban J connectivity index is 0.00000484. The van der Waals surface area contributed by atoms with Gasteiger partial charge in [-0.25, -0.2) is 0 Å². The lowest BCUT2D eigenvalue weighted by Crippen LogP contribution is -2.56. The van der Waals surface area contributed by atoms with E-state index in [1.54, 1.807) is 6.92 Å². The summed E-state index contributed by atoms with van der Waals surface area (Å²) in [6.07, 6.45) is -4.45. The number of nitrogens with two attached hydrogens (primary N) is 1. The Morgan fingerprint density at radius 2 is 1.96 bits per heavy atom. The molecule has 132 valence electrons. The Morgan fingerprint density at radius 3 is 2.43 bits per heavy atom. The molecule has 8 heteroatoms. The van der Waals surface area contributed by atoms with Crippen LogP contribution in [0.2, 0.25) is 0 Å². The predicted molar refractivity (Wildman–Crippen MR) is 84.6 cm³/mol. The Labute approximate surface area is 140 Å². The fourth-order valence-electron chi connectivity index (χ4n) is 1.70. The van der Waals surface area contributed by atoms with E-state index in [2.05, 4.69) is 5.32 Å². The van der Waals surface area contributed by atoms with Crippen LogP contribution >= 0.6 is 12.4 Å². The first-order chi connectivity index (χ1) is 10.1. The second kappa shape index (κ2) is 8.40. The summed E-state index contributed by atoms with van der Waals surface area (Å²) in [5, 5.41) is 2.75. The van der Waals surface area contributed by atoms with E-state index in [0.29, 0.717) is 0 Å². The number of carbonyl (C=O) groups is 1. The highest BCUT2D eigenvalue weighted by molar-refractivity contribution is 5.85. The van der Waals surface area contributed by atoms with Gasteiger partial charge in [-0.05, 0) is 31.0 Å². The third kappa shape index (κ3) is 6.27. The van der Waals surface area contributed by atoms with Crippen molar-refractivity contribution in [3.05, 3.63) is 29.8 Å². The zero-order valence-corrected chi connectivity index (χ0v) is 14.1. The van der Waals surface area contributed by atoms with Crippen molar-refractivity contribution in [1.82, 2.24) is 5.32 Å². The van der Waals surface area contributed by atoms with E-state index < -0.39 is 23.2 Å². The van der Waals surface area contributed by atoms with Gasteiger partial charge in [-0.1, -0.05) is 19.9 Å². The second-order valence-corrected chi connectivity index (χ2v) is 5.64. The van der Waals surface area contributed by atoms with E-state index in [-0.39, 0.29) is 37.2 Å². The SMILES string of the molecule is CC(C)C(C)(CN)NC(=O)COc1cccc(C(F)(F)F)c1.Cl. The molecule has 4 nitrogen and oxygen atoms in total. The number of benzene rings is 1. The molecule has 0 saturated carbocycles. The van der Waals surface area contributed by atoms with Gasteiger partial charge in [-0.2, -0.15) is 13.2 Å². The lowest BCUT2D eigenvalue weighted by atomic mass is 9.88. The van der Waals surface area contributed by atoms with Crippen LogP contribution in [0.3, 0.4) is 0 Å². The summed E-state index contributed by atoms with van der Waals surface area (Å²) >= 11 is 0. The number of rotatable bonds is 6. The minimum Gasteiger partial charge on any atom is -0.484 e. The maximum absolute atomic E-state index is 12.6. The second-order valence-electron chi connectivity index (χ2n) is 5.64. The number of amides is 1. The van der Waals surface area contributed by atoms with Crippen molar-refractivity contribution in [2.24, 2.45) is 11.7 Å². The summed E-state index contributed by atoms with van der Waals surface area (Å²) in [7, 11) is 0. The standard InChI is InChI=1S/C15H21F3N2O2.ClH/c1-10(2)14(3,9-19)20-13(21)8-22-12-6-4-5-11(7-12)15(16,17)18;/h4-7,10H,8-9,19H2,1-3H3,(H,20,21);1H. The highest BCUT2D eigenvalue weighted by Crippen LogP contribution is 2.31. The summed E-state index contributed by atoms with van der Waals surface area (Å²) in [6, 6.07) is 4.40. The normalized spacial score (nSPS) is 13.9. The van der Waals surface area contributed by atoms with Gasteiger partial charge < -0.3 is 15.8 Å². The molecular weight excluding hydrogens is 333 g/mol. The summed E-state index contributed by atoms with van der Waals surface area (Å²) in [5.74, 6) is -0.335. The number of nitrogens with one attached hydrogen (secondary N) is 1. The summed E-state index contributed by atoms with van der Waals surface area (Å²) in [6.45, 7) is 5.52. The van der Waals surface area contributed by atoms with Gasteiger partial charge in [-0.15, -0.1) is 12.4 Å². The highest BCUT2D eigenvalue weighted by Gasteiger charge is 2.31. The van der Waals surface area contributed by atoms with Crippen molar-refractivity contribution >= 4 is 18.3 Å². The van der Waals surface area contributed by atoms with E-state index >= 15 is 0 Å². The third-order valence-electron chi connectivity index (χ3n) is 3.65. The van der Waals surface area contributed by atoms with Crippen LogP contribution in [0.5, 0.6) is 5.75 Å². The number of hydrogen-bond donors (Lipinski definition) is 2. The van der Waals surface area contributed by atoms with Crippen LogP contribution in [0.25, 0.3) is 0 Å². The smallest absolute Gasteiger partial charge is 0.416 e. The molecule has 1 amide bonds. The lowest BCUT2D eigenvalue weighted by Gasteiger charge is -2.33. The molecule has 0 aromatic heterocycles. The molecular formula is C15H22ClF3N2O2. The van der Waals surface area contributed by atoms with Crippen LogP contribution < -0.4 is 15.8 Å². The number of hydrogen-bond acceptors (Lipinski definition) is 3. The molecule has 1 atom stereocenters. The molecule has 0 saturated heterocycles. The molecule has 1 rings (SSSR count). The summed E-state index contributed by atoms with van der Waals surface area (Å²) < 4.78 is 42.8. The van der Waals surface area contributed by atoms with Gasteiger partial charge in [-0.3, -0.25) is 4.79 Å². The molecule has 0 heterocycles. The van der Waals surface area contributed by atoms with Crippen molar-refractivity contribution in [2.45, 2.75) is 32.5 Å². The van der Waals surface area contributed by atoms with Gasteiger partial charge in [0.2, 0.25) is 0 Å². The zero-order valence-electron chi connectivity index (χ0n) is 13.2. The first kappa shape index (κ1) is 21.5. The molecule has 0 spiro atoms. The molecule has 0 aliphatic carbocycles. The molecule has 1 aromatic rings. The largest absolute Gasteiger partial charge is 0.484 e. The molecule has 1 unspecified atom stereocenters. The number of halogens is 4.